The molecule has 0 radical (unpaired) electrons. The van der Waals surface area contributed by atoms with Crippen molar-refractivity contribution in [1.29, 1.82) is 0 Å². The SMILES string of the molecule is Cl/N=N/c1nc2ccccc2[nH]1. The Morgan fingerprint density at radius 2 is 2.17 bits per heavy atom. The molecule has 0 amide bonds. The van der Waals surface area contributed by atoms with Gasteiger partial charge in [-0.3, -0.25) is 0 Å². The summed E-state index contributed by atoms with van der Waals surface area (Å²) < 4.78 is 3.10. The number of aromatic amines is 1. The van der Waals surface area contributed by atoms with E-state index in [0.717, 1.165) is 11.0 Å². The minimum atomic E-state index is 0.422. The zero-order valence-corrected chi connectivity index (χ0v) is 6.78. The molecule has 2 rings (SSSR count). The molecule has 0 bridgehead atoms. The molecule has 0 aliphatic rings. The number of halogens is 1. The van der Waals surface area contributed by atoms with Crippen molar-refractivity contribution < 1.29 is 0 Å². The van der Waals surface area contributed by atoms with Gasteiger partial charge in [0.15, 0.2) is 0 Å². The first kappa shape index (κ1) is 7.24. The molecule has 5 heteroatoms. The lowest BCUT2D eigenvalue weighted by Crippen LogP contribution is -1.63. The molecule has 2 aromatic rings. The Balaban J connectivity index is 2.62. The van der Waals surface area contributed by atoms with Crippen LogP contribution in [0, 0.1) is 0 Å². The summed E-state index contributed by atoms with van der Waals surface area (Å²) in [7, 11) is 0. The number of hydrogen-bond acceptors (Lipinski definition) is 3. The Morgan fingerprint density at radius 3 is 2.92 bits per heavy atom. The van der Waals surface area contributed by atoms with Crippen LogP contribution < -0.4 is 0 Å². The van der Waals surface area contributed by atoms with Gasteiger partial charge in [-0.1, -0.05) is 21.9 Å². The highest BCUT2D eigenvalue weighted by molar-refractivity contribution is 6.14. The van der Waals surface area contributed by atoms with E-state index in [4.69, 9.17) is 11.8 Å². The molecule has 0 aliphatic heterocycles. The van der Waals surface area contributed by atoms with E-state index in [1.165, 1.54) is 0 Å². The van der Waals surface area contributed by atoms with Crippen LogP contribution in [-0.2, 0) is 0 Å². The van der Waals surface area contributed by atoms with Gasteiger partial charge in [0.2, 0.25) is 5.95 Å². The number of hydrogen-bond donors (Lipinski definition) is 1. The zero-order chi connectivity index (χ0) is 8.39. The number of para-hydroxylation sites is 2. The lowest BCUT2D eigenvalue weighted by molar-refractivity contribution is 1.18. The minimum absolute atomic E-state index is 0.422. The summed E-state index contributed by atoms with van der Waals surface area (Å²) >= 11 is 5.06. The molecule has 1 aromatic carbocycles. The lowest BCUT2D eigenvalue weighted by atomic mass is 10.3. The minimum Gasteiger partial charge on any atom is -0.321 e. The monoisotopic (exact) mass is 180 g/mol. The average Bonchev–Trinajstić information content (AvgIpc) is 2.47. The second-order valence-electron chi connectivity index (χ2n) is 2.25. The van der Waals surface area contributed by atoms with E-state index in [0.29, 0.717) is 5.95 Å². The molecule has 12 heavy (non-hydrogen) atoms. The third-order valence-electron chi connectivity index (χ3n) is 1.51. The quantitative estimate of drug-likeness (QED) is 0.674. The molecule has 0 aliphatic carbocycles. The standard InChI is InChI=1S/C7H5ClN4/c8-12-11-7-9-5-3-1-2-4-6(5)10-7/h1-4H,(H,9,10)/b12-11+. The number of fused-ring (bicyclic) bond motifs is 1. The Kier molecular flexibility index (Phi) is 1.75. The number of H-pyrrole nitrogens is 1. The van der Waals surface area contributed by atoms with Gasteiger partial charge in [0.25, 0.3) is 0 Å². The summed E-state index contributed by atoms with van der Waals surface area (Å²) in [6, 6.07) is 7.63. The van der Waals surface area contributed by atoms with Crippen LogP contribution in [0.4, 0.5) is 5.95 Å². The molecule has 1 heterocycles. The van der Waals surface area contributed by atoms with Crippen LogP contribution in [0.5, 0.6) is 0 Å². The van der Waals surface area contributed by atoms with Crippen LogP contribution in [0.2, 0.25) is 0 Å². The van der Waals surface area contributed by atoms with Crippen LogP contribution in [0.15, 0.2) is 34.0 Å². The Morgan fingerprint density at radius 1 is 1.33 bits per heavy atom. The maximum atomic E-state index is 5.06. The zero-order valence-electron chi connectivity index (χ0n) is 6.03. The van der Waals surface area contributed by atoms with Gasteiger partial charge in [-0.05, 0) is 12.1 Å². The normalized spacial score (nSPS) is 11.4. The van der Waals surface area contributed by atoms with Gasteiger partial charge in [-0.25, -0.2) is 4.98 Å². The van der Waals surface area contributed by atoms with Crippen molar-refractivity contribution in [3.63, 3.8) is 0 Å². The van der Waals surface area contributed by atoms with Gasteiger partial charge in [0.05, 0.1) is 22.8 Å². The first-order valence-electron chi connectivity index (χ1n) is 3.37. The fraction of sp³-hybridized carbons (Fsp3) is 0. The Hall–Kier alpha value is -1.42. The van der Waals surface area contributed by atoms with Crippen molar-refractivity contribution in [2.75, 3.05) is 0 Å². The summed E-state index contributed by atoms with van der Waals surface area (Å²) in [5, 5.41) is 3.57. The average molecular weight is 181 g/mol. The molecule has 1 N–H and O–H groups in total. The van der Waals surface area contributed by atoms with Gasteiger partial charge >= 0.3 is 0 Å². The van der Waals surface area contributed by atoms with E-state index in [1.807, 2.05) is 24.3 Å². The van der Waals surface area contributed by atoms with Gasteiger partial charge in [-0.2, -0.15) is 0 Å². The van der Waals surface area contributed by atoms with Crippen molar-refractivity contribution in [3.05, 3.63) is 24.3 Å². The predicted octanol–water partition coefficient (Wildman–Crippen LogP) is 2.80. The van der Waals surface area contributed by atoms with Gasteiger partial charge in [0, 0.05) is 0 Å². The van der Waals surface area contributed by atoms with Crippen LogP contribution >= 0.6 is 11.8 Å². The number of aromatic nitrogens is 2. The molecule has 60 valence electrons. The first-order valence-corrected chi connectivity index (χ1v) is 3.71. The van der Waals surface area contributed by atoms with Crippen molar-refractivity contribution in [3.8, 4) is 0 Å². The Bertz CT molecular complexity index is 387. The maximum Gasteiger partial charge on any atom is 0.248 e. The molecule has 0 unspecified atom stereocenters. The van der Waals surface area contributed by atoms with E-state index >= 15 is 0 Å². The van der Waals surface area contributed by atoms with E-state index < -0.39 is 0 Å². The molecular formula is C7H5ClN4. The predicted molar refractivity (Wildman–Crippen MR) is 46.5 cm³/mol. The number of benzene rings is 1. The smallest absolute Gasteiger partial charge is 0.248 e. The summed E-state index contributed by atoms with van der Waals surface area (Å²) in [4.78, 5) is 7.04. The number of nitrogens with zero attached hydrogens (tertiary/aromatic N) is 3. The Labute approximate surface area is 73.4 Å². The lowest BCUT2D eigenvalue weighted by Gasteiger charge is -1.81. The van der Waals surface area contributed by atoms with Crippen molar-refractivity contribution in [2.45, 2.75) is 0 Å². The van der Waals surface area contributed by atoms with Gasteiger partial charge in [-0.15, -0.1) is 0 Å². The summed E-state index contributed by atoms with van der Waals surface area (Å²) in [6.45, 7) is 0. The highest BCUT2D eigenvalue weighted by atomic mass is 35.5. The molecule has 0 atom stereocenters. The molecule has 1 aromatic heterocycles. The van der Waals surface area contributed by atoms with Crippen LogP contribution in [-0.4, -0.2) is 9.97 Å². The number of rotatable bonds is 1. The highest BCUT2D eigenvalue weighted by Gasteiger charge is 1.98. The van der Waals surface area contributed by atoms with E-state index in [1.54, 1.807) is 0 Å². The maximum absolute atomic E-state index is 5.06. The fourth-order valence-electron chi connectivity index (χ4n) is 1.02. The van der Waals surface area contributed by atoms with E-state index in [9.17, 15) is 0 Å². The second kappa shape index (κ2) is 2.91. The molecular weight excluding hydrogens is 176 g/mol. The third kappa shape index (κ3) is 1.16. The summed E-state index contributed by atoms with van der Waals surface area (Å²) in [5.74, 6) is 0.422. The van der Waals surface area contributed by atoms with E-state index in [-0.39, 0.29) is 0 Å². The van der Waals surface area contributed by atoms with Gasteiger partial charge < -0.3 is 4.98 Å². The van der Waals surface area contributed by atoms with Crippen molar-refractivity contribution in [2.24, 2.45) is 9.75 Å². The van der Waals surface area contributed by atoms with Crippen molar-refractivity contribution in [1.82, 2.24) is 9.97 Å². The summed E-state index contributed by atoms with van der Waals surface area (Å²) in [6.07, 6.45) is 0. The molecule has 0 saturated heterocycles. The van der Waals surface area contributed by atoms with Gasteiger partial charge in [0.1, 0.15) is 0 Å². The number of nitrogens with one attached hydrogen (secondary N) is 1. The fourth-order valence-corrected chi connectivity index (χ4v) is 1.09. The summed E-state index contributed by atoms with van der Waals surface area (Å²) in [5.41, 5.74) is 1.79. The largest absolute Gasteiger partial charge is 0.321 e. The van der Waals surface area contributed by atoms with Crippen LogP contribution in [0.25, 0.3) is 11.0 Å². The second-order valence-corrected chi connectivity index (χ2v) is 2.40. The first-order chi connectivity index (χ1) is 5.90. The highest BCUT2D eigenvalue weighted by Crippen LogP contribution is 2.15. The molecule has 0 spiro atoms. The van der Waals surface area contributed by atoms with Crippen LogP contribution in [0.1, 0.15) is 0 Å². The molecule has 4 nitrogen and oxygen atoms in total. The van der Waals surface area contributed by atoms with E-state index in [2.05, 4.69) is 19.7 Å². The molecule has 0 saturated carbocycles. The number of imidazole rings is 1. The topological polar surface area (TPSA) is 53.4 Å². The van der Waals surface area contributed by atoms with Crippen LogP contribution in [0.3, 0.4) is 0 Å². The van der Waals surface area contributed by atoms with Crippen molar-refractivity contribution >= 4 is 28.8 Å². The third-order valence-corrected chi connectivity index (χ3v) is 1.58. The molecule has 0 fully saturated rings.